The van der Waals surface area contributed by atoms with Gasteiger partial charge < -0.3 is 5.21 Å². The van der Waals surface area contributed by atoms with Gasteiger partial charge in [0.05, 0.1) is 11.2 Å². The molecule has 0 saturated heterocycles. The Hall–Kier alpha value is -1.81. The average molecular weight is 244 g/mol. The van der Waals surface area contributed by atoms with Gasteiger partial charge in [-0.2, -0.15) is 0 Å². The Morgan fingerprint density at radius 2 is 2.00 bits per heavy atom. The second-order valence-corrected chi connectivity index (χ2v) is 4.44. The molecule has 3 nitrogen and oxygen atoms in total. The summed E-state index contributed by atoms with van der Waals surface area (Å²) in [5.74, 6) is 0.904. The molecule has 4 heteroatoms. The van der Waals surface area contributed by atoms with Crippen LogP contribution in [0.15, 0.2) is 58.8 Å². The smallest absolute Gasteiger partial charge is 0.0963 e. The van der Waals surface area contributed by atoms with Crippen LogP contribution in [0.4, 0.5) is 0 Å². The molecular weight excluding hydrogens is 232 g/mol. The highest BCUT2D eigenvalue weighted by Crippen LogP contribution is 2.20. The minimum Gasteiger partial charge on any atom is -0.411 e. The van der Waals surface area contributed by atoms with E-state index < -0.39 is 0 Å². The Kier molecular flexibility index (Phi) is 4.16. The van der Waals surface area contributed by atoms with Crippen LogP contribution in [0.5, 0.6) is 0 Å². The van der Waals surface area contributed by atoms with Crippen molar-refractivity contribution in [2.45, 2.75) is 10.8 Å². The highest BCUT2D eigenvalue weighted by Gasteiger charge is 1.97. The molecule has 2 rings (SSSR count). The zero-order chi connectivity index (χ0) is 11.9. The molecule has 17 heavy (non-hydrogen) atoms. The summed E-state index contributed by atoms with van der Waals surface area (Å²) in [6, 6.07) is 14.1. The van der Waals surface area contributed by atoms with Crippen LogP contribution in [0, 0.1) is 0 Å². The maximum Gasteiger partial charge on any atom is 0.0963 e. The minimum absolute atomic E-state index is 0.788. The molecular formula is C13H12N2OS. The molecule has 0 saturated carbocycles. The maximum atomic E-state index is 8.38. The zero-order valence-corrected chi connectivity index (χ0v) is 9.97. The molecule has 0 aliphatic heterocycles. The summed E-state index contributed by atoms with van der Waals surface area (Å²) in [5, 5.41) is 12.3. The van der Waals surface area contributed by atoms with Crippen molar-refractivity contribution < 1.29 is 5.21 Å². The predicted octanol–water partition coefficient (Wildman–Crippen LogP) is 3.18. The van der Waals surface area contributed by atoms with Crippen molar-refractivity contribution in [3.8, 4) is 0 Å². The number of rotatable bonds is 4. The molecule has 86 valence electrons. The predicted molar refractivity (Wildman–Crippen MR) is 69.6 cm³/mol. The maximum absolute atomic E-state index is 8.38. The van der Waals surface area contributed by atoms with Gasteiger partial charge in [0.1, 0.15) is 0 Å². The highest BCUT2D eigenvalue weighted by atomic mass is 32.2. The lowest BCUT2D eigenvalue weighted by molar-refractivity contribution is 0.322. The summed E-state index contributed by atoms with van der Waals surface area (Å²) in [5.41, 5.74) is 2.07. The van der Waals surface area contributed by atoms with Gasteiger partial charge in [-0.05, 0) is 17.7 Å². The van der Waals surface area contributed by atoms with Crippen LogP contribution < -0.4 is 0 Å². The summed E-state index contributed by atoms with van der Waals surface area (Å²) in [6.07, 6.45) is 3.05. The summed E-state index contributed by atoms with van der Waals surface area (Å²) in [7, 11) is 0. The largest absolute Gasteiger partial charge is 0.411 e. The first-order chi connectivity index (χ1) is 8.38. The lowest BCUT2D eigenvalue weighted by Gasteiger charge is -2.01. The van der Waals surface area contributed by atoms with Gasteiger partial charge >= 0.3 is 0 Å². The van der Waals surface area contributed by atoms with E-state index in [0.717, 1.165) is 16.3 Å². The first-order valence-electron chi connectivity index (χ1n) is 5.19. The van der Waals surface area contributed by atoms with Crippen LogP contribution in [-0.4, -0.2) is 16.4 Å². The molecule has 0 aliphatic carbocycles. The van der Waals surface area contributed by atoms with E-state index >= 15 is 0 Å². The summed E-state index contributed by atoms with van der Waals surface area (Å²) in [6.45, 7) is 0. The molecule has 0 spiro atoms. The van der Waals surface area contributed by atoms with Crippen molar-refractivity contribution in [3.05, 3.63) is 59.8 Å². The Morgan fingerprint density at radius 1 is 1.18 bits per heavy atom. The molecule has 0 fully saturated rings. The fourth-order valence-electron chi connectivity index (χ4n) is 1.35. The van der Waals surface area contributed by atoms with Crippen molar-refractivity contribution >= 4 is 18.0 Å². The standard InChI is InChI=1S/C13H12N2OS/c16-15-9-12-6-7-13(14-8-12)17-10-11-4-2-1-3-5-11/h1-9,16H,10H2. The van der Waals surface area contributed by atoms with Crippen LogP contribution in [0.25, 0.3) is 0 Å². The van der Waals surface area contributed by atoms with Crippen molar-refractivity contribution in [1.29, 1.82) is 0 Å². The highest BCUT2D eigenvalue weighted by molar-refractivity contribution is 7.98. The number of nitrogens with zero attached hydrogens (tertiary/aromatic N) is 2. The molecule has 0 bridgehead atoms. The van der Waals surface area contributed by atoms with Crippen molar-refractivity contribution in [2.24, 2.45) is 5.16 Å². The van der Waals surface area contributed by atoms with Gasteiger partial charge in [0.15, 0.2) is 0 Å². The molecule has 1 N–H and O–H groups in total. The van der Waals surface area contributed by atoms with E-state index in [9.17, 15) is 0 Å². The van der Waals surface area contributed by atoms with Crippen LogP contribution in [0.2, 0.25) is 0 Å². The average Bonchev–Trinajstić information content (AvgIpc) is 2.40. The number of aromatic nitrogens is 1. The lowest BCUT2D eigenvalue weighted by Crippen LogP contribution is -1.86. The molecule has 0 atom stereocenters. The van der Waals surface area contributed by atoms with Gasteiger partial charge in [0.25, 0.3) is 0 Å². The molecule has 2 aromatic rings. The Balaban J connectivity index is 1.95. The number of thioether (sulfide) groups is 1. The third kappa shape index (κ3) is 3.60. The summed E-state index contributed by atoms with van der Waals surface area (Å²) < 4.78 is 0. The van der Waals surface area contributed by atoms with Gasteiger partial charge in [0.2, 0.25) is 0 Å². The summed E-state index contributed by atoms with van der Waals surface area (Å²) >= 11 is 1.68. The fraction of sp³-hybridized carbons (Fsp3) is 0.0769. The monoisotopic (exact) mass is 244 g/mol. The third-order valence-electron chi connectivity index (χ3n) is 2.20. The SMILES string of the molecule is ON=Cc1ccc(SCc2ccccc2)nc1. The number of pyridine rings is 1. The van der Waals surface area contributed by atoms with E-state index in [0.29, 0.717) is 0 Å². The molecule has 1 aromatic carbocycles. The Bertz CT molecular complexity index is 483. The van der Waals surface area contributed by atoms with Crippen molar-refractivity contribution in [1.82, 2.24) is 4.98 Å². The van der Waals surface area contributed by atoms with E-state index in [4.69, 9.17) is 5.21 Å². The first kappa shape index (κ1) is 11.7. The topological polar surface area (TPSA) is 45.5 Å². The summed E-state index contributed by atoms with van der Waals surface area (Å²) in [4.78, 5) is 4.27. The molecule has 0 amide bonds. The third-order valence-corrected chi connectivity index (χ3v) is 3.21. The molecule has 0 radical (unpaired) electrons. The van der Waals surface area contributed by atoms with Gasteiger partial charge in [-0.25, -0.2) is 4.98 Å². The van der Waals surface area contributed by atoms with Crippen molar-refractivity contribution in [2.75, 3.05) is 0 Å². The van der Waals surface area contributed by atoms with Gasteiger partial charge in [0, 0.05) is 17.5 Å². The normalized spacial score (nSPS) is 10.8. The zero-order valence-electron chi connectivity index (χ0n) is 9.15. The fourth-order valence-corrected chi connectivity index (χ4v) is 2.15. The van der Waals surface area contributed by atoms with Gasteiger partial charge in [-0.15, -0.1) is 11.8 Å². The van der Waals surface area contributed by atoms with E-state index in [1.165, 1.54) is 11.8 Å². The quantitative estimate of drug-likeness (QED) is 0.389. The minimum atomic E-state index is 0.788. The second-order valence-electron chi connectivity index (χ2n) is 3.45. The van der Waals surface area contributed by atoms with Crippen molar-refractivity contribution in [3.63, 3.8) is 0 Å². The van der Waals surface area contributed by atoms with E-state index in [2.05, 4.69) is 22.3 Å². The lowest BCUT2D eigenvalue weighted by atomic mass is 10.2. The van der Waals surface area contributed by atoms with E-state index in [-0.39, 0.29) is 0 Å². The molecule has 1 aromatic heterocycles. The Morgan fingerprint density at radius 3 is 2.65 bits per heavy atom. The van der Waals surface area contributed by atoms with E-state index in [1.807, 2.05) is 30.3 Å². The van der Waals surface area contributed by atoms with Crippen LogP contribution in [0.1, 0.15) is 11.1 Å². The second kappa shape index (κ2) is 6.06. The molecule has 0 aliphatic rings. The number of oxime groups is 1. The number of benzene rings is 1. The van der Waals surface area contributed by atoms with Crippen LogP contribution in [0.3, 0.4) is 0 Å². The van der Waals surface area contributed by atoms with E-state index in [1.54, 1.807) is 18.0 Å². The first-order valence-corrected chi connectivity index (χ1v) is 6.17. The van der Waals surface area contributed by atoms with Gasteiger partial charge in [-0.3, -0.25) is 0 Å². The molecule has 0 unspecified atom stereocenters. The Labute approximate surface area is 104 Å². The molecule has 1 heterocycles. The van der Waals surface area contributed by atoms with Crippen LogP contribution in [-0.2, 0) is 5.75 Å². The van der Waals surface area contributed by atoms with Crippen LogP contribution >= 0.6 is 11.8 Å². The number of hydrogen-bond acceptors (Lipinski definition) is 4. The number of hydrogen-bond donors (Lipinski definition) is 1. The van der Waals surface area contributed by atoms with Gasteiger partial charge in [-0.1, -0.05) is 35.5 Å².